The van der Waals surface area contributed by atoms with Crippen molar-refractivity contribution in [3.63, 3.8) is 0 Å². The van der Waals surface area contributed by atoms with Crippen molar-refractivity contribution >= 4 is 56.6 Å². The fourth-order valence-electron chi connectivity index (χ4n) is 2.68. The molecule has 0 N–H and O–H groups in total. The van der Waals surface area contributed by atoms with E-state index in [9.17, 15) is 4.79 Å². The number of halogens is 2. The number of hydrogen-bond donors (Lipinski definition) is 0. The van der Waals surface area contributed by atoms with Crippen molar-refractivity contribution < 1.29 is 4.79 Å². The zero-order chi connectivity index (χ0) is 18.5. The van der Waals surface area contributed by atoms with Gasteiger partial charge in [-0.15, -0.1) is 12.4 Å². The third kappa shape index (κ3) is 5.66. The Morgan fingerprint density at radius 3 is 2.48 bits per heavy atom. The van der Waals surface area contributed by atoms with Gasteiger partial charge in [-0.1, -0.05) is 59.3 Å². The van der Waals surface area contributed by atoms with E-state index in [-0.39, 0.29) is 18.3 Å². The van der Waals surface area contributed by atoms with Crippen LogP contribution in [-0.2, 0) is 11.2 Å². The van der Waals surface area contributed by atoms with Gasteiger partial charge in [-0.05, 0) is 38.2 Å². The quantitative estimate of drug-likeness (QED) is 0.542. The molecule has 3 aromatic rings. The van der Waals surface area contributed by atoms with Gasteiger partial charge in [0.15, 0.2) is 5.13 Å². The van der Waals surface area contributed by atoms with Crippen LogP contribution in [-0.4, -0.2) is 43.0 Å². The molecular weight excluding hydrogens is 401 g/mol. The Balaban J connectivity index is 0.00000261. The molecule has 144 valence electrons. The maximum Gasteiger partial charge on any atom is 0.229 e. The molecule has 4 nitrogen and oxygen atoms in total. The normalized spacial score (nSPS) is 10.8. The van der Waals surface area contributed by atoms with Gasteiger partial charge in [0, 0.05) is 19.5 Å². The molecular formula is C20H23Cl2N3OS. The minimum Gasteiger partial charge on any atom is -0.308 e. The second-order valence-corrected chi connectivity index (χ2v) is 7.83. The van der Waals surface area contributed by atoms with Crippen molar-refractivity contribution in [2.75, 3.05) is 32.1 Å². The smallest absolute Gasteiger partial charge is 0.229 e. The summed E-state index contributed by atoms with van der Waals surface area (Å²) >= 11 is 7.77. The highest BCUT2D eigenvalue weighted by atomic mass is 35.5. The highest BCUT2D eigenvalue weighted by Gasteiger charge is 2.20. The Kier molecular flexibility index (Phi) is 8.05. The summed E-state index contributed by atoms with van der Waals surface area (Å²) in [6, 6.07) is 15.8. The van der Waals surface area contributed by atoms with Gasteiger partial charge in [-0.25, -0.2) is 4.98 Å². The second kappa shape index (κ2) is 10.0. The van der Waals surface area contributed by atoms with E-state index in [2.05, 4.69) is 22.0 Å². The molecule has 1 aromatic heterocycles. The lowest BCUT2D eigenvalue weighted by molar-refractivity contribution is -0.118. The molecule has 0 atom stereocenters. The number of carbonyl (C=O) groups is 1. The van der Waals surface area contributed by atoms with E-state index in [1.165, 1.54) is 16.9 Å². The highest BCUT2D eigenvalue weighted by molar-refractivity contribution is 7.22. The summed E-state index contributed by atoms with van der Waals surface area (Å²) in [7, 11) is 4.00. The van der Waals surface area contributed by atoms with Crippen molar-refractivity contribution in [1.82, 2.24) is 9.88 Å². The van der Waals surface area contributed by atoms with E-state index < -0.39 is 0 Å². The number of likely N-dealkylation sites (N-methyl/N-ethyl adjacent to an activating group) is 1. The van der Waals surface area contributed by atoms with Gasteiger partial charge < -0.3 is 4.90 Å². The molecule has 1 amide bonds. The van der Waals surface area contributed by atoms with Crippen LogP contribution in [0.5, 0.6) is 0 Å². The van der Waals surface area contributed by atoms with Gasteiger partial charge in [0.25, 0.3) is 0 Å². The number of carbonyl (C=O) groups excluding carboxylic acids is 1. The number of aryl methyl sites for hydroxylation is 1. The Morgan fingerprint density at radius 2 is 1.81 bits per heavy atom. The lowest BCUT2D eigenvalue weighted by atomic mass is 10.1. The molecule has 7 heteroatoms. The van der Waals surface area contributed by atoms with Crippen molar-refractivity contribution in [3.8, 4) is 0 Å². The zero-order valence-electron chi connectivity index (χ0n) is 15.4. The highest BCUT2D eigenvalue weighted by Crippen LogP contribution is 2.33. The Hall–Kier alpha value is -1.66. The molecule has 2 aromatic carbocycles. The molecule has 1 heterocycles. The van der Waals surface area contributed by atoms with E-state index in [1.54, 1.807) is 4.90 Å². The van der Waals surface area contributed by atoms with Crippen LogP contribution in [0.15, 0.2) is 48.5 Å². The van der Waals surface area contributed by atoms with Crippen LogP contribution in [0.25, 0.3) is 10.2 Å². The summed E-state index contributed by atoms with van der Waals surface area (Å²) in [4.78, 5) is 21.4. The third-order valence-electron chi connectivity index (χ3n) is 4.13. The first-order valence-corrected chi connectivity index (χ1v) is 9.78. The largest absolute Gasteiger partial charge is 0.308 e. The Labute approximate surface area is 175 Å². The molecule has 0 aliphatic rings. The van der Waals surface area contributed by atoms with Gasteiger partial charge in [-0.2, -0.15) is 0 Å². The molecule has 0 fully saturated rings. The molecule has 0 radical (unpaired) electrons. The van der Waals surface area contributed by atoms with E-state index in [4.69, 9.17) is 11.6 Å². The fourth-order valence-corrected chi connectivity index (χ4v) is 3.99. The maximum absolute atomic E-state index is 12.9. The number of aromatic nitrogens is 1. The third-order valence-corrected chi connectivity index (χ3v) is 5.48. The number of benzene rings is 2. The van der Waals surface area contributed by atoms with Gasteiger partial charge in [-0.3, -0.25) is 9.69 Å². The van der Waals surface area contributed by atoms with E-state index in [0.29, 0.717) is 23.1 Å². The number of anilines is 1. The van der Waals surface area contributed by atoms with Crippen LogP contribution in [0, 0.1) is 0 Å². The average Bonchev–Trinajstić information content (AvgIpc) is 3.06. The van der Waals surface area contributed by atoms with Crippen molar-refractivity contribution in [3.05, 3.63) is 59.1 Å². The number of thiazole rings is 1. The standard InChI is InChI=1S/C20H22ClN3OS.ClH/c1-23(2)13-14-24(18(25)12-11-15-7-4-3-5-8-15)20-22-19-16(21)9-6-10-17(19)26-20;/h3-10H,11-14H2,1-2H3;1H. The molecule has 0 aliphatic carbocycles. The predicted octanol–water partition coefficient (Wildman–Crippen LogP) is 4.90. The van der Waals surface area contributed by atoms with E-state index in [1.807, 2.05) is 50.5 Å². The van der Waals surface area contributed by atoms with Gasteiger partial charge in [0.05, 0.1) is 9.72 Å². The Morgan fingerprint density at radius 1 is 1.07 bits per heavy atom. The summed E-state index contributed by atoms with van der Waals surface area (Å²) in [5.41, 5.74) is 1.93. The van der Waals surface area contributed by atoms with Crippen LogP contribution >= 0.6 is 35.3 Å². The lowest BCUT2D eigenvalue weighted by Crippen LogP contribution is -2.36. The average molecular weight is 424 g/mol. The SMILES string of the molecule is CN(C)CCN(C(=O)CCc1ccccc1)c1nc2c(Cl)cccc2s1.Cl. The number of hydrogen-bond acceptors (Lipinski definition) is 4. The van der Waals surface area contributed by atoms with Crippen LogP contribution < -0.4 is 4.90 Å². The summed E-state index contributed by atoms with van der Waals surface area (Å²) < 4.78 is 0.998. The first-order valence-electron chi connectivity index (χ1n) is 8.58. The number of nitrogens with zero attached hydrogens (tertiary/aromatic N) is 3. The molecule has 0 saturated carbocycles. The first kappa shape index (κ1) is 21.6. The van der Waals surface area contributed by atoms with Crippen LogP contribution in [0.3, 0.4) is 0 Å². The van der Waals surface area contributed by atoms with Gasteiger partial charge >= 0.3 is 0 Å². The number of para-hydroxylation sites is 1. The van der Waals surface area contributed by atoms with Crippen molar-refractivity contribution in [1.29, 1.82) is 0 Å². The molecule has 0 aliphatic heterocycles. The molecule has 0 spiro atoms. The second-order valence-electron chi connectivity index (χ2n) is 6.42. The molecule has 0 saturated heterocycles. The summed E-state index contributed by atoms with van der Waals surface area (Å²) in [5, 5.41) is 1.34. The van der Waals surface area contributed by atoms with Crippen molar-refractivity contribution in [2.24, 2.45) is 0 Å². The monoisotopic (exact) mass is 423 g/mol. The molecule has 0 unspecified atom stereocenters. The topological polar surface area (TPSA) is 36.4 Å². The van der Waals surface area contributed by atoms with E-state index in [0.717, 1.165) is 23.2 Å². The summed E-state index contributed by atoms with van der Waals surface area (Å²) in [6.07, 6.45) is 1.19. The predicted molar refractivity (Wildman–Crippen MR) is 118 cm³/mol. The van der Waals surface area contributed by atoms with Crippen LogP contribution in [0.4, 0.5) is 5.13 Å². The van der Waals surface area contributed by atoms with Crippen LogP contribution in [0.1, 0.15) is 12.0 Å². The van der Waals surface area contributed by atoms with Gasteiger partial charge in [0.2, 0.25) is 5.91 Å². The minimum atomic E-state index is 0. The van der Waals surface area contributed by atoms with Crippen LogP contribution in [0.2, 0.25) is 5.02 Å². The Bertz CT molecular complexity index is 883. The van der Waals surface area contributed by atoms with Crippen molar-refractivity contribution in [2.45, 2.75) is 12.8 Å². The number of amides is 1. The molecule has 0 bridgehead atoms. The molecule has 3 rings (SSSR count). The van der Waals surface area contributed by atoms with Gasteiger partial charge in [0.1, 0.15) is 5.52 Å². The molecule has 27 heavy (non-hydrogen) atoms. The maximum atomic E-state index is 12.9. The fraction of sp³-hybridized carbons (Fsp3) is 0.300. The van der Waals surface area contributed by atoms with E-state index >= 15 is 0 Å². The number of fused-ring (bicyclic) bond motifs is 1. The summed E-state index contributed by atoms with van der Waals surface area (Å²) in [6.45, 7) is 1.39. The first-order chi connectivity index (χ1) is 12.5. The lowest BCUT2D eigenvalue weighted by Gasteiger charge is -2.22. The summed E-state index contributed by atoms with van der Waals surface area (Å²) in [5.74, 6) is 0.0888. The zero-order valence-corrected chi connectivity index (χ0v) is 17.8. The number of rotatable bonds is 7. The minimum absolute atomic E-state index is 0.